The normalized spacial score (nSPS) is 31.3. The number of hydrogen-bond acceptors (Lipinski definition) is 8. The minimum Gasteiger partial charge on any atom is -0.469 e. The fourth-order valence-electron chi connectivity index (χ4n) is 6.24. The highest BCUT2D eigenvalue weighted by atomic mass is 16.6. The van der Waals surface area contributed by atoms with Gasteiger partial charge in [0.2, 0.25) is 0 Å². The Morgan fingerprint density at radius 2 is 1.53 bits per heavy atom. The molecule has 43 heavy (non-hydrogen) atoms. The number of cyclic esters (lactones) is 1. The van der Waals surface area contributed by atoms with Crippen LogP contribution in [-0.4, -0.2) is 62.6 Å². The lowest BCUT2D eigenvalue weighted by Gasteiger charge is -2.35. The predicted molar refractivity (Wildman–Crippen MR) is 165 cm³/mol. The first-order chi connectivity index (χ1) is 20.7. The third-order valence-electron chi connectivity index (χ3n) is 8.49. The summed E-state index contributed by atoms with van der Waals surface area (Å²) in [5, 5.41) is 0. The molecule has 0 aromatic heterocycles. The molecule has 0 radical (unpaired) electrons. The molecule has 240 valence electrons. The largest absolute Gasteiger partial charge is 0.469 e. The van der Waals surface area contributed by atoms with Crippen LogP contribution in [0.3, 0.4) is 0 Å². The molecule has 8 heteroatoms. The van der Waals surface area contributed by atoms with Gasteiger partial charge in [0.05, 0.1) is 51.5 Å². The summed E-state index contributed by atoms with van der Waals surface area (Å²) in [5.74, 6) is -0.376. The molecular weight excluding hydrogens is 548 g/mol. The topological polar surface area (TPSA) is 97.4 Å². The fraction of sp³-hybridized carbons (Fsp3) is 0.686. The quantitative estimate of drug-likeness (QED) is 0.141. The van der Waals surface area contributed by atoms with E-state index in [0.29, 0.717) is 24.9 Å². The van der Waals surface area contributed by atoms with Gasteiger partial charge in [-0.1, -0.05) is 55.2 Å². The van der Waals surface area contributed by atoms with Crippen molar-refractivity contribution in [1.29, 1.82) is 0 Å². The average molecular weight is 601 g/mol. The number of fused-ring (bicyclic) bond motifs is 4. The first-order valence-corrected chi connectivity index (χ1v) is 16.1. The van der Waals surface area contributed by atoms with Crippen molar-refractivity contribution in [2.45, 2.75) is 134 Å². The Labute approximate surface area is 257 Å². The third kappa shape index (κ3) is 13.6. The second-order valence-corrected chi connectivity index (χ2v) is 12.4. The summed E-state index contributed by atoms with van der Waals surface area (Å²) in [6.07, 6.45) is 22.4. The summed E-state index contributed by atoms with van der Waals surface area (Å²) < 4.78 is 28.5. The van der Waals surface area contributed by atoms with Gasteiger partial charge in [-0.2, -0.15) is 0 Å². The highest BCUT2D eigenvalue weighted by Gasteiger charge is 2.31. The van der Waals surface area contributed by atoms with Gasteiger partial charge in [0.15, 0.2) is 0 Å². The van der Waals surface area contributed by atoms with Crippen molar-refractivity contribution in [1.82, 2.24) is 0 Å². The maximum Gasteiger partial charge on any atom is 0.330 e. The molecule has 3 fully saturated rings. The Morgan fingerprint density at radius 1 is 0.814 bits per heavy atom. The number of esters is 3. The van der Waals surface area contributed by atoms with Gasteiger partial charge in [-0.15, -0.1) is 0 Å². The molecule has 6 unspecified atom stereocenters. The molecule has 0 N–H and O–H groups in total. The van der Waals surface area contributed by atoms with Crippen LogP contribution >= 0.6 is 0 Å². The van der Waals surface area contributed by atoms with Crippen molar-refractivity contribution >= 4 is 17.9 Å². The number of carbonyl (C=O) groups is 3. The lowest BCUT2D eigenvalue weighted by Crippen LogP contribution is -2.34. The van der Waals surface area contributed by atoms with Crippen LogP contribution in [-0.2, 0) is 38.1 Å². The number of allylic oxidation sites excluding steroid dienone is 4. The van der Waals surface area contributed by atoms with Gasteiger partial charge in [-0.3, -0.25) is 9.59 Å². The van der Waals surface area contributed by atoms with Crippen LogP contribution in [0.25, 0.3) is 0 Å². The molecule has 3 saturated heterocycles. The Kier molecular flexibility index (Phi) is 15.2. The van der Waals surface area contributed by atoms with E-state index in [2.05, 4.69) is 6.92 Å². The van der Waals surface area contributed by atoms with Gasteiger partial charge < -0.3 is 23.7 Å². The summed E-state index contributed by atoms with van der Waals surface area (Å²) in [6.45, 7) is 4.19. The Balaban J connectivity index is 1.71. The van der Waals surface area contributed by atoms with Crippen LogP contribution in [0.1, 0.15) is 104 Å². The Morgan fingerprint density at radius 3 is 2.33 bits per heavy atom. The van der Waals surface area contributed by atoms with Crippen molar-refractivity contribution in [2.75, 3.05) is 14.2 Å². The summed E-state index contributed by atoms with van der Waals surface area (Å²) in [5.41, 5.74) is 1.84. The van der Waals surface area contributed by atoms with Crippen LogP contribution in [0, 0.1) is 5.92 Å². The van der Waals surface area contributed by atoms with E-state index in [1.54, 1.807) is 6.08 Å². The highest BCUT2D eigenvalue weighted by molar-refractivity contribution is 5.82. The molecule has 8 nitrogen and oxygen atoms in total. The van der Waals surface area contributed by atoms with Crippen LogP contribution in [0.4, 0.5) is 0 Å². The maximum absolute atomic E-state index is 13.1. The summed E-state index contributed by atoms with van der Waals surface area (Å²) in [7, 11) is 2.75. The van der Waals surface area contributed by atoms with Gasteiger partial charge in [-0.05, 0) is 83.1 Å². The SMILES string of the molecule is COC(=O)/C=C1/CC2CCC3CCCC(CC(C)CCCCC(/C=C/C=C\C=C(/C)CC(=O)OC)OC(=O)CC(C1)O2)O3. The number of carbonyl (C=O) groups excluding carboxylic acids is 3. The summed E-state index contributed by atoms with van der Waals surface area (Å²) >= 11 is 0. The first kappa shape index (κ1) is 34.8. The van der Waals surface area contributed by atoms with Gasteiger partial charge in [0, 0.05) is 6.08 Å². The van der Waals surface area contributed by atoms with E-state index in [0.717, 1.165) is 68.9 Å². The van der Waals surface area contributed by atoms with E-state index in [1.807, 2.05) is 37.3 Å². The monoisotopic (exact) mass is 600 g/mol. The molecule has 0 saturated carbocycles. The molecule has 0 aromatic rings. The number of methoxy groups -OCH3 is 2. The molecule has 4 bridgehead atoms. The van der Waals surface area contributed by atoms with Crippen molar-refractivity contribution in [3.05, 3.63) is 47.6 Å². The van der Waals surface area contributed by atoms with E-state index in [1.165, 1.54) is 20.6 Å². The van der Waals surface area contributed by atoms with Crippen LogP contribution in [0.2, 0.25) is 0 Å². The molecule has 3 aliphatic rings. The summed E-state index contributed by atoms with van der Waals surface area (Å²) in [4.78, 5) is 36.6. The second-order valence-electron chi connectivity index (χ2n) is 12.4. The lowest BCUT2D eigenvalue weighted by molar-refractivity contribution is -0.152. The highest BCUT2D eigenvalue weighted by Crippen LogP contribution is 2.33. The minimum absolute atomic E-state index is 0.0826. The van der Waals surface area contributed by atoms with Gasteiger partial charge >= 0.3 is 17.9 Å². The molecular formula is C35H52O8. The van der Waals surface area contributed by atoms with Crippen molar-refractivity contribution in [3.63, 3.8) is 0 Å². The zero-order valence-electron chi connectivity index (χ0n) is 26.6. The molecule has 6 atom stereocenters. The molecule has 3 rings (SSSR count). The second kappa shape index (κ2) is 18.8. The van der Waals surface area contributed by atoms with Crippen molar-refractivity contribution in [3.8, 4) is 0 Å². The maximum atomic E-state index is 13.1. The lowest BCUT2D eigenvalue weighted by atomic mass is 9.90. The van der Waals surface area contributed by atoms with E-state index in [9.17, 15) is 14.4 Å². The smallest absolute Gasteiger partial charge is 0.330 e. The Hall–Kier alpha value is -2.71. The first-order valence-electron chi connectivity index (χ1n) is 16.1. The average Bonchev–Trinajstić information content (AvgIpc) is 2.97. The van der Waals surface area contributed by atoms with Crippen LogP contribution in [0.5, 0.6) is 0 Å². The van der Waals surface area contributed by atoms with Gasteiger partial charge in [0.1, 0.15) is 6.10 Å². The fourth-order valence-corrected chi connectivity index (χ4v) is 6.24. The van der Waals surface area contributed by atoms with Crippen LogP contribution in [0.15, 0.2) is 47.6 Å². The number of hydrogen-bond donors (Lipinski definition) is 0. The van der Waals surface area contributed by atoms with E-state index in [-0.39, 0.29) is 55.2 Å². The van der Waals surface area contributed by atoms with Crippen LogP contribution < -0.4 is 0 Å². The van der Waals surface area contributed by atoms with E-state index < -0.39 is 0 Å². The molecule has 0 aromatic carbocycles. The molecule has 0 amide bonds. The third-order valence-corrected chi connectivity index (χ3v) is 8.49. The van der Waals surface area contributed by atoms with E-state index in [4.69, 9.17) is 23.7 Å². The molecule has 3 heterocycles. The molecule has 0 spiro atoms. The molecule has 3 aliphatic heterocycles. The molecule has 0 aliphatic carbocycles. The van der Waals surface area contributed by atoms with Crippen molar-refractivity contribution in [2.24, 2.45) is 5.92 Å². The zero-order valence-corrected chi connectivity index (χ0v) is 26.6. The number of ether oxygens (including phenoxy) is 5. The number of rotatable bonds is 6. The standard InChI is InChI=1S/C35H52O8/c1-25-12-8-9-14-28(13-7-5-6-11-26(2)20-33(36)39-3)43-35(38)24-32-22-27(23-34(37)40-4)21-31(42-32)18-17-29-15-10-16-30(19-25)41-29/h5-7,11,13,23,25,28-32H,8-10,12,14-22,24H2,1-4H3/b6-5-,13-7+,26-11+,27-23-. The van der Waals surface area contributed by atoms with Gasteiger partial charge in [-0.25, -0.2) is 4.79 Å². The minimum atomic E-state index is -0.382. The van der Waals surface area contributed by atoms with E-state index >= 15 is 0 Å². The van der Waals surface area contributed by atoms with Crippen molar-refractivity contribution < 1.29 is 38.1 Å². The Bertz CT molecular complexity index is 1020. The zero-order chi connectivity index (χ0) is 31.0. The van der Waals surface area contributed by atoms with Gasteiger partial charge in [0.25, 0.3) is 0 Å². The summed E-state index contributed by atoms with van der Waals surface area (Å²) in [6, 6.07) is 0. The predicted octanol–water partition coefficient (Wildman–Crippen LogP) is 6.88.